The second-order valence-electron chi connectivity index (χ2n) is 5.22. The van der Waals surface area contributed by atoms with Crippen LogP contribution in [-0.4, -0.2) is 69.4 Å². The lowest BCUT2D eigenvalue weighted by atomic mass is 10.00. The predicted molar refractivity (Wildman–Crippen MR) is 77.7 cm³/mol. The summed E-state index contributed by atoms with van der Waals surface area (Å²) in [6, 6.07) is -2.34. The molecule has 4 atom stereocenters. The average molecular weight is 322 g/mol. The molecule has 0 aliphatic heterocycles. The van der Waals surface area contributed by atoms with Crippen LogP contribution in [0.3, 0.4) is 0 Å². The number of nitrogens with two attached hydrogens (primary N) is 3. The Morgan fingerprint density at radius 1 is 1.09 bits per heavy atom. The maximum atomic E-state index is 11.2. The Hall–Kier alpha value is -1.30. The number of hydrogen-bond acceptors (Lipinski definition) is 8. The smallest absolute Gasteiger partial charge is 0.320 e. The molecule has 22 heavy (non-hydrogen) atoms. The molecule has 0 amide bonds. The van der Waals surface area contributed by atoms with Gasteiger partial charge in [-0.2, -0.15) is 0 Å². The molecule has 0 radical (unpaired) electrons. The van der Waals surface area contributed by atoms with Gasteiger partial charge in [-0.3, -0.25) is 14.9 Å². The summed E-state index contributed by atoms with van der Waals surface area (Å²) in [5.41, 5.74) is 14.3. The Balaban J connectivity index is 4.67. The first-order valence-corrected chi connectivity index (χ1v) is 6.94. The van der Waals surface area contributed by atoms with Crippen molar-refractivity contribution < 1.29 is 30.0 Å². The van der Waals surface area contributed by atoms with Crippen molar-refractivity contribution in [2.24, 2.45) is 17.2 Å². The van der Waals surface area contributed by atoms with Crippen molar-refractivity contribution in [3.8, 4) is 0 Å². The summed E-state index contributed by atoms with van der Waals surface area (Å²) in [4.78, 5) is 21.8. The predicted octanol–water partition coefficient (Wildman–Crippen LogP) is -3.03. The van der Waals surface area contributed by atoms with E-state index in [-0.39, 0.29) is 38.8 Å². The minimum Gasteiger partial charge on any atom is -0.480 e. The van der Waals surface area contributed by atoms with E-state index in [1.165, 1.54) is 0 Å². The fourth-order valence-electron chi connectivity index (χ4n) is 1.81. The van der Waals surface area contributed by atoms with Gasteiger partial charge in [-0.25, -0.2) is 0 Å². The van der Waals surface area contributed by atoms with Crippen molar-refractivity contribution >= 4 is 11.9 Å². The Bertz CT molecular complexity index is 370. The number of nitrogens with one attached hydrogen (secondary N) is 1. The highest BCUT2D eigenvalue weighted by Gasteiger charge is 2.32. The van der Waals surface area contributed by atoms with Crippen LogP contribution in [0.5, 0.6) is 0 Å². The van der Waals surface area contributed by atoms with Gasteiger partial charge in [0.25, 0.3) is 0 Å². The molecule has 0 spiro atoms. The molecule has 0 aliphatic rings. The quantitative estimate of drug-likeness (QED) is 0.170. The summed E-state index contributed by atoms with van der Waals surface area (Å²) < 4.78 is 0. The van der Waals surface area contributed by atoms with Gasteiger partial charge in [-0.15, -0.1) is 0 Å². The SMILES string of the molecule is NC[C@H](O)CC[C@H](NC(O)(CN)CC[C@H](N)C(=O)O)C(=O)O. The van der Waals surface area contributed by atoms with Crippen molar-refractivity contribution in [3.05, 3.63) is 0 Å². The van der Waals surface area contributed by atoms with E-state index in [9.17, 15) is 19.8 Å². The third-order valence-electron chi connectivity index (χ3n) is 3.33. The number of rotatable bonds is 12. The molecule has 0 aromatic carbocycles. The number of carboxylic acids is 2. The molecular weight excluding hydrogens is 296 g/mol. The normalized spacial score (nSPS) is 18.2. The molecule has 0 aromatic heterocycles. The molecule has 10 nitrogen and oxygen atoms in total. The lowest BCUT2D eigenvalue weighted by molar-refractivity contribution is -0.143. The zero-order valence-electron chi connectivity index (χ0n) is 12.3. The van der Waals surface area contributed by atoms with E-state index in [0.717, 1.165) is 0 Å². The van der Waals surface area contributed by atoms with E-state index in [2.05, 4.69) is 5.32 Å². The minimum atomic E-state index is -1.76. The Morgan fingerprint density at radius 3 is 2.09 bits per heavy atom. The molecule has 11 N–H and O–H groups in total. The van der Waals surface area contributed by atoms with Crippen molar-refractivity contribution in [2.75, 3.05) is 13.1 Å². The van der Waals surface area contributed by atoms with Crippen LogP contribution in [0.2, 0.25) is 0 Å². The van der Waals surface area contributed by atoms with Crippen LogP contribution in [-0.2, 0) is 9.59 Å². The van der Waals surface area contributed by atoms with Gasteiger partial charge in [-0.1, -0.05) is 0 Å². The monoisotopic (exact) mass is 322 g/mol. The Kier molecular flexibility index (Phi) is 9.09. The fourth-order valence-corrected chi connectivity index (χ4v) is 1.81. The molecule has 130 valence electrons. The summed E-state index contributed by atoms with van der Waals surface area (Å²) in [7, 11) is 0. The van der Waals surface area contributed by atoms with Gasteiger partial charge in [0.05, 0.1) is 6.10 Å². The molecule has 0 saturated heterocycles. The number of carboxylic acid groups (broad SMARTS) is 2. The first-order valence-electron chi connectivity index (χ1n) is 6.94. The third kappa shape index (κ3) is 7.64. The van der Waals surface area contributed by atoms with E-state index in [0.29, 0.717) is 0 Å². The van der Waals surface area contributed by atoms with Crippen LogP contribution in [0.25, 0.3) is 0 Å². The number of aliphatic hydroxyl groups excluding tert-OH is 1. The number of aliphatic carboxylic acids is 2. The topological polar surface area (TPSA) is 205 Å². The van der Waals surface area contributed by atoms with Crippen LogP contribution in [0.1, 0.15) is 25.7 Å². The molecule has 0 saturated carbocycles. The summed E-state index contributed by atoms with van der Waals surface area (Å²) in [6.45, 7) is -0.316. The van der Waals surface area contributed by atoms with E-state index in [1.54, 1.807) is 0 Å². The van der Waals surface area contributed by atoms with Crippen molar-refractivity contribution in [1.29, 1.82) is 0 Å². The summed E-state index contributed by atoms with van der Waals surface area (Å²) in [5.74, 6) is -2.45. The van der Waals surface area contributed by atoms with Crippen LogP contribution in [0.4, 0.5) is 0 Å². The number of carbonyl (C=O) groups is 2. The van der Waals surface area contributed by atoms with Gasteiger partial charge in [0.2, 0.25) is 0 Å². The molecule has 0 heterocycles. The minimum absolute atomic E-state index is 0.000953. The highest BCUT2D eigenvalue weighted by molar-refractivity contribution is 5.73. The van der Waals surface area contributed by atoms with Crippen LogP contribution >= 0.6 is 0 Å². The average Bonchev–Trinajstić information content (AvgIpc) is 2.48. The molecule has 0 bridgehead atoms. The van der Waals surface area contributed by atoms with Crippen LogP contribution < -0.4 is 22.5 Å². The van der Waals surface area contributed by atoms with E-state index >= 15 is 0 Å². The molecule has 0 aromatic rings. The molecule has 0 aliphatic carbocycles. The van der Waals surface area contributed by atoms with Gasteiger partial charge in [-0.05, 0) is 25.7 Å². The van der Waals surface area contributed by atoms with E-state index < -0.39 is 35.9 Å². The van der Waals surface area contributed by atoms with Crippen molar-refractivity contribution in [3.63, 3.8) is 0 Å². The van der Waals surface area contributed by atoms with Crippen LogP contribution in [0.15, 0.2) is 0 Å². The molecule has 0 rings (SSSR count). The van der Waals surface area contributed by atoms with E-state index in [1.807, 2.05) is 0 Å². The van der Waals surface area contributed by atoms with Gasteiger partial charge in [0.15, 0.2) is 0 Å². The Morgan fingerprint density at radius 2 is 1.68 bits per heavy atom. The summed E-state index contributed by atoms with van der Waals surface area (Å²) in [5, 5.41) is 39.9. The zero-order chi connectivity index (χ0) is 17.3. The lowest BCUT2D eigenvalue weighted by Crippen LogP contribution is -2.58. The first-order chi connectivity index (χ1) is 10.1. The van der Waals surface area contributed by atoms with E-state index in [4.69, 9.17) is 27.4 Å². The second kappa shape index (κ2) is 9.66. The summed E-state index contributed by atoms with van der Waals surface area (Å²) in [6.07, 6.45) is -0.875. The lowest BCUT2D eigenvalue weighted by Gasteiger charge is -2.32. The van der Waals surface area contributed by atoms with Crippen molar-refractivity contribution in [2.45, 2.75) is 49.6 Å². The highest BCUT2D eigenvalue weighted by Crippen LogP contribution is 2.13. The number of hydrogen-bond donors (Lipinski definition) is 8. The third-order valence-corrected chi connectivity index (χ3v) is 3.33. The maximum Gasteiger partial charge on any atom is 0.320 e. The van der Waals surface area contributed by atoms with Gasteiger partial charge < -0.3 is 37.6 Å². The van der Waals surface area contributed by atoms with Crippen LogP contribution in [0, 0.1) is 0 Å². The molecular formula is C12H26N4O6. The van der Waals surface area contributed by atoms with Gasteiger partial charge in [0.1, 0.15) is 17.8 Å². The second-order valence-corrected chi connectivity index (χ2v) is 5.22. The molecule has 1 unspecified atom stereocenters. The highest BCUT2D eigenvalue weighted by atomic mass is 16.4. The number of aliphatic hydroxyl groups is 2. The fraction of sp³-hybridized carbons (Fsp3) is 0.833. The largest absolute Gasteiger partial charge is 0.480 e. The summed E-state index contributed by atoms with van der Waals surface area (Å²) >= 11 is 0. The zero-order valence-corrected chi connectivity index (χ0v) is 12.3. The first kappa shape index (κ1) is 20.7. The molecule has 10 heteroatoms. The maximum absolute atomic E-state index is 11.2. The Labute approximate surface area is 128 Å². The van der Waals surface area contributed by atoms with Gasteiger partial charge in [0, 0.05) is 13.1 Å². The molecule has 0 fully saturated rings. The standard InChI is InChI=1S/C12H26N4O6/c13-5-7(17)1-2-9(11(20)21)16-12(22,6-14)4-3-8(15)10(18)19/h7-9,16-17,22H,1-6,13-15H2,(H,18,19)(H,20,21)/t7-,8+,9+,12?/m1/s1. The van der Waals surface area contributed by atoms with Gasteiger partial charge >= 0.3 is 11.9 Å². The van der Waals surface area contributed by atoms with Crippen molar-refractivity contribution in [1.82, 2.24) is 5.32 Å².